The molecule has 0 radical (unpaired) electrons. The lowest BCUT2D eigenvalue weighted by atomic mass is 10.1. The molecule has 1 aromatic rings. The normalized spacial score (nSPS) is 13.5. The first-order valence-corrected chi connectivity index (χ1v) is 5.66. The Morgan fingerprint density at radius 1 is 1.41 bits per heavy atom. The van der Waals surface area contributed by atoms with Crippen LogP contribution < -0.4 is 0 Å². The summed E-state index contributed by atoms with van der Waals surface area (Å²) in [6.45, 7) is 1.14. The molecule has 7 heteroatoms. The van der Waals surface area contributed by atoms with Crippen LogP contribution in [-0.4, -0.2) is 11.3 Å². The molecule has 0 aliphatic carbocycles. The van der Waals surface area contributed by atoms with Gasteiger partial charge < -0.3 is 0 Å². The van der Waals surface area contributed by atoms with Crippen LogP contribution in [0.2, 0.25) is 0 Å². The lowest BCUT2D eigenvalue weighted by Crippen LogP contribution is -2.06. The number of carbonyl (C=O) groups is 1. The largest absolute Gasteiger partial charge is 0.446 e. The van der Waals surface area contributed by atoms with Crippen LogP contribution in [-0.2, 0) is 4.79 Å². The van der Waals surface area contributed by atoms with E-state index in [4.69, 9.17) is 11.6 Å². The highest BCUT2D eigenvalue weighted by atomic mass is 35.5. The minimum atomic E-state index is -4.59. The van der Waals surface area contributed by atoms with Crippen LogP contribution >= 0.6 is 23.4 Å². The highest BCUT2D eigenvalue weighted by Gasteiger charge is 2.32. The number of ketones is 1. The van der Waals surface area contributed by atoms with Crippen molar-refractivity contribution in [1.29, 1.82) is 0 Å². The second kappa shape index (κ2) is 5.27. The molecule has 1 aromatic carbocycles. The first-order chi connectivity index (χ1) is 7.72. The van der Waals surface area contributed by atoms with Gasteiger partial charge in [0.25, 0.3) is 0 Å². The quantitative estimate of drug-likeness (QED) is 0.468. The Balaban J connectivity index is 3.12. The predicted molar refractivity (Wildman–Crippen MR) is 57.6 cm³/mol. The van der Waals surface area contributed by atoms with Crippen LogP contribution in [0, 0.1) is 5.82 Å². The monoisotopic (exact) mass is 286 g/mol. The summed E-state index contributed by atoms with van der Waals surface area (Å²) in [5.41, 5.74) is -4.83. The average Bonchev–Trinajstić information content (AvgIpc) is 2.18. The Hall–Kier alpha value is -0.750. The lowest BCUT2D eigenvalue weighted by Gasteiger charge is -2.11. The van der Waals surface area contributed by atoms with Gasteiger partial charge in [0.05, 0.1) is 4.90 Å². The van der Waals surface area contributed by atoms with E-state index >= 15 is 0 Å². The second-order valence-electron chi connectivity index (χ2n) is 3.18. The summed E-state index contributed by atoms with van der Waals surface area (Å²) in [5.74, 6) is -1.63. The third-order valence-electron chi connectivity index (χ3n) is 1.85. The van der Waals surface area contributed by atoms with Crippen molar-refractivity contribution in [2.24, 2.45) is 0 Å². The van der Waals surface area contributed by atoms with Crippen LogP contribution in [0.5, 0.6) is 0 Å². The van der Waals surface area contributed by atoms with E-state index < -0.39 is 39.1 Å². The number of rotatable bonds is 3. The molecule has 94 valence electrons. The maximum Gasteiger partial charge on any atom is 0.446 e. The molecule has 1 atom stereocenters. The van der Waals surface area contributed by atoms with Crippen molar-refractivity contribution < 1.29 is 22.4 Å². The van der Waals surface area contributed by atoms with Crippen LogP contribution in [0.25, 0.3) is 0 Å². The Kier molecular flexibility index (Phi) is 4.43. The SMILES string of the molecule is CC(=O)C(Cl)c1cccc(SC(F)(F)F)c1F. The van der Waals surface area contributed by atoms with Gasteiger partial charge >= 0.3 is 5.51 Å². The van der Waals surface area contributed by atoms with E-state index in [0.717, 1.165) is 13.0 Å². The number of halogens is 5. The number of thioether (sulfide) groups is 1. The maximum atomic E-state index is 13.7. The molecule has 17 heavy (non-hydrogen) atoms. The van der Waals surface area contributed by atoms with Gasteiger partial charge in [-0.2, -0.15) is 13.2 Å². The summed E-state index contributed by atoms with van der Waals surface area (Å²) in [7, 11) is 0. The topological polar surface area (TPSA) is 17.1 Å². The smallest absolute Gasteiger partial charge is 0.298 e. The molecule has 0 aliphatic rings. The summed E-state index contributed by atoms with van der Waals surface area (Å²) in [6, 6.07) is 3.40. The maximum absolute atomic E-state index is 13.7. The minimum absolute atomic E-state index is 0.242. The molecule has 0 saturated carbocycles. The minimum Gasteiger partial charge on any atom is -0.298 e. The summed E-state index contributed by atoms with van der Waals surface area (Å²) in [6.07, 6.45) is 0. The zero-order chi connectivity index (χ0) is 13.2. The fraction of sp³-hybridized carbons (Fsp3) is 0.300. The molecule has 0 N–H and O–H groups in total. The van der Waals surface area contributed by atoms with Gasteiger partial charge in [0, 0.05) is 5.56 Å². The van der Waals surface area contributed by atoms with E-state index in [2.05, 4.69) is 0 Å². The molecule has 1 rings (SSSR count). The lowest BCUT2D eigenvalue weighted by molar-refractivity contribution is -0.116. The molecule has 0 heterocycles. The van der Waals surface area contributed by atoms with Gasteiger partial charge in [0.15, 0.2) is 5.78 Å². The standard InChI is InChI=1S/C10H7ClF4OS/c1-5(16)8(11)6-3-2-4-7(9(6)12)17-10(13,14)15/h2-4,8H,1H3. The molecule has 0 saturated heterocycles. The second-order valence-corrected chi connectivity index (χ2v) is 4.72. The first kappa shape index (κ1) is 14.3. The molecular weight excluding hydrogens is 280 g/mol. The van der Waals surface area contributed by atoms with E-state index in [-0.39, 0.29) is 5.56 Å². The van der Waals surface area contributed by atoms with Gasteiger partial charge in [0.1, 0.15) is 11.2 Å². The fourth-order valence-electron chi connectivity index (χ4n) is 1.15. The predicted octanol–water partition coefficient (Wildman–Crippen LogP) is 4.31. The summed E-state index contributed by atoms with van der Waals surface area (Å²) in [5, 5.41) is -1.27. The third-order valence-corrected chi connectivity index (χ3v) is 3.16. The van der Waals surface area contributed by atoms with E-state index in [9.17, 15) is 22.4 Å². The Bertz CT molecular complexity index is 433. The van der Waals surface area contributed by atoms with E-state index in [1.54, 1.807) is 0 Å². The number of Topliss-reactive ketones (excluding diaryl/α,β-unsaturated/α-hetero) is 1. The number of hydrogen-bond acceptors (Lipinski definition) is 2. The number of carbonyl (C=O) groups excluding carboxylic acids is 1. The zero-order valence-electron chi connectivity index (χ0n) is 8.52. The third kappa shape index (κ3) is 3.89. The highest BCUT2D eigenvalue weighted by Crippen LogP contribution is 2.40. The van der Waals surface area contributed by atoms with Crippen molar-refractivity contribution in [1.82, 2.24) is 0 Å². The van der Waals surface area contributed by atoms with E-state index in [0.29, 0.717) is 0 Å². The van der Waals surface area contributed by atoms with Crippen LogP contribution in [0.3, 0.4) is 0 Å². The Labute approximate surface area is 104 Å². The van der Waals surface area contributed by atoms with Gasteiger partial charge in [-0.05, 0) is 24.8 Å². The van der Waals surface area contributed by atoms with Crippen LogP contribution in [0.1, 0.15) is 17.9 Å². The first-order valence-electron chi connectivity index (χ1n) is 4.41. The van der Waals surface area contributed by atoms with Crippen molar-refractivity contribution >= 4 is 29.1 Å². The molecule has 0 bridgehead atoms. The average molecular weight is 287 g/mol. The van der Waals surface area contributed by atoms with Crippen LogP contribution in [0.4, 0.5) is 17.6 Å². The van der Waals surface area contributed by atoms with Crippen molar-refractivity contribution in [3.05, 3.63) is 29.6 Å². The molecule has 0 aromatic heterocycles. The summed E-state index contributed by atoms with van der Waals surface area (Å²) >= 11 is 5.04. The van der Waals surface area contributed by atoms with E-state index in [1.807, 2.05) is 0 Å². The number of benzene rings is 1. The molecule has 0 fully saturated rings. The number of alkyl halides is 4. The van der Waals surface area contributed by atoms with Crippen molar-refractivity contribution in [2.45, 2.75) is 22.7 Å². The Morgan fingerprint density at radius 3 is 2.47 bits per heavy atom. The number of hydrogen-bond donors (Lipinski definition) is 0. The Morgan fingerprint density at radius 2 is 2.00 bits per heavy atom. The molecule has 1 nitrogen and oxygen atoms in total. The van der Waals surface area contributed by atoms with Gasteiger partial charge in [-0.1, -0.05) is 12.1 Å². The van der Waals surface area contributed by atoms with Gasteiger partial charge in [-0.25, -0.2) is 4.39 Å². The van der Waals surface area contributed by atoms with E-state index in [1.165, 1.54) is 12.1 Å². The van der Waals surface area contributed by atoms with Gasteiger partial charge in [-0.3, -0.25) is 4.79 Å². The summed E-state index contributed by atoms with van der Waals surface area (Å²) < 4.78 is 50.0. The molecule has 1 unspecified atom stereocenters. The van der Waals surface area contributed by atoms with Gasteiger partial charge in [-0.15, -0.1) is 11.6 Å². The molecule has 0 aliphatic heterocycles. The molecule has 0 amide bonds. The van der Waals surface area contributed by atoms with Crippen molar-refractivity contribution in [2.75, 3.05) is 0 Å². The van der Waals surface area contributed by atoms with Gasteiger partial charge in [0.2, 0.25) is 0 Å². The zero-order valence-corrected chi connectivity index (χ0v) is 10.1. The fourth-order valence-corrected chi connectivity index (χ4v) is 1.92. The molecular formula is C10H7ClF4OS. The summed E-state index contributed by atoms with van der Waals surface area (Å²) in [4.78, 5) is 10.4. The highest BCUT2D eigenvalue weighted by molar-refractivity contribution is 8.00. The molecule has 0 spiro atoms. The van der Waals surface area contributed by atoms with Crippen molar-refractivity contribution in [3.8, 4) is 0 Å². The van der Waals surface area contributed by atoms with Crippen molar-refractivity contribution in [3.63, 3.8) is 0 Å². The van der Waals surface area contributed by atoms with Crippen LogP contribution in [0.15, 0.2) is 23.1 Å².